The average Bonchev–Trinajstić information content (AvgIpc) is 2.46. The molecule has 2 N–H and O–H groups in total. The van der Waals surface area contributed by atoms with Gasteiger partial charge in [0, 0.05) is 23.7 Å². The number of ether oxygens (including phenoxy) is 1. The summed E-state index contributed by atoms with van der Waals surface area (Å²) in [4.78, 5) is 13.5. The lowest BCUT2D eigenvalue weighted by molar-refractivity contribution is -0.127. The first-order valence-electron chi connectivity index (χ1n) is 7.84. The van der Waals surface area contributed by atoms with Crippen LogP contribution in [0.4, 0.5) is 0 Å². The Morgan fingerprint density at radius 1 is 1.36 bits per heavy atom. The second kappa shape index (κ2) is 8.56. The molecule has 1 aromatic carbocycles. The minimum Gasteiger partial charge on any atom is -0.384 e. The highest BCUT2D eigenvalue weighted by Crippen LogP contribution is 2.22. The van der Waals surface area contributed by atoms with E-state index in [0.29, 0.717) is 5.92 Å². The summed E-state index contributed by atoms with van der Waals surface area (Å²) < 4.78 is 5.05. The fourth-order valence-electron chi connectivity index (χ4n) is 2.40. The summed E-state index contributed by atoms with van der Waals surface area (Å²) in [6.07, 6.45) is 0. The Morgan fingerprint density at radius 2 is 2.05 bits per heavy atom. The second-order valence-corrected chi connectivity index (χ2v) is 7.02. The maximum atomic E-state index is 12.2. The van der Waals surface area contributed by atoms with Crippen molar-refractivity contribution < 1.29 is 9.53 Å². The van der Waals surface area contributed by atoms with Gasteiger partial charge in [-0.15, -0.1) is 11.8 Å². The number of carbonyl (C=O) groups excluding carboxylic acids is 1. The van der Waals surface area contributed by atoms with Crippen LogP contribution in [0.15, 0.2) is 29.2 Å². The molecule has 0 saturated carbocycles. The number of nitrogens with one attached hydrogen (secondary N) is 2. The molecule has 2 atom stereocenters. The van der Waals surface area contributed by atoms with Crippen LogP contribution in [0.3, 0.4) is 0 Å². The molecule has 2 unspecified atom stereocenters. The van der Waals surface area contributed by atoms with Gasteiger partial charge < -0.3 is 15.4 Å². The van der Waals surface area contributed by atoms with Gasteiger partial charge in [-0.2, -0.15) is 0 Å². The van der Waals surface area contributed by atoms with Gasteiger partial charge in [-0.25, -0.2) is 0 Å². The molecule has 4 nitrogen and oxygen atoms in total. The van der Waals surface area contributed by atoms with Crippen LogP contribution >= 0.6 is 11.8 Å². The maximum Gasteiger partial charge on any atom is 0.223 e. The topological polar surface area (TPSA) is 50.4 Å². The Kier molecular flexibility index (Phi) is 6.73. The van der Waals surface area contributed by atoms with Crippen LogP contribution in [0, 0.1) is 11.8 Å². The monoisotopic (exact) mass is 322 g/mol. The van der Waals surface area contributed by atoms with Crippen molar-refractivity contribution in [2.75, 3.05) is 32.6 Å². The molecular formula is C17H26N2O2S. The van der Waals surface area contributed by atoms with E-state index in [-0.39, 0.29) is 17.9 Å². The normalized spacial score (nSPS) is 17.6. The zero-order valence-corrected chi connectivity index (χ0v) is 14.4. The van der Waals surface area contributed by atoms with Crippen molar-refractivity contribution in [3.05, 3.63) is 29.8 Å². The quantitative estimate of drug-likeness (QED) is 0.570. The van der Waals surface area contributed by atoms with E-state index in [1.165, 1.54) is 4.90 Å². The highest BCUT2D eigenvalue weighted by atomic mass is 32.2. The SMILES string of the molecule is COCCSc1ccc(C(C)NC(=O)C(C)C2CNC2)cc1. The predicted octanol–water partition coefficient (Wildman–Crippen LogP) is 2.46. The van der Waals surface area contributed by atoms with E-state index in [4.69, 9.17) is 4.74 Å². The summed E-state index contributed by atoms with van der Waals surface area (Å²) in [5.74, 6) is 1.66. The van der Waals surface area contributed by atoms with Gasteiger partial charge in [0.15, 0.2) is 0 Å². The van der Waals surface area contributed by atoms with E-state index in [9.17, 15) is 4.79 Å². The number of methoxy groups -OCH3 is 1. The van der Waals surface area contributed by atoms with Crippen LogP contribution in [0.25, 0.3) is 0 Å². The van der Waals surface area contributed by atoms with Crippen LogP contribution in [0.5, 0.6) is 0 Å². The fourth-order valence-corrected chi connectivity index (χ4v) is 3.22. The van der Waals surface area contributed by atoms with E-state index in [0.717, 1.165) is 31.0 Å². The van der Waals surface area contributed by atoms with Crippen molar-refractivity contribution in [1.82, 2.24) is 10.6 Å². The van der Waals surface area contributed by atoms with Gasteiger partial charge in [0.05, 0.1) is 12.6 Å². The molecule has 0 bridgehead atoms. The molecule has 0 aliphatic carbocycles. The lowest BCUT2D eigenvalue weighted by Gasteiger charge is -2.32. The average molecular weight is 322 g/mol. The zero-order chi connectivity index (χ0) is 15.9. The summed E-state index contributed by atoms with van der Waals surface area (Å²) in [5.41, 5.74) is 1.14. The molecule has 1 aliphatic rings. The molecule has 0 spiro atoms. The van der Waals surface area contributed by atoms with E-state index in [1.54, 1.807) is 18.9 Å². The molecule has 1 fully saturated rings. The number of carbonyl (C=O) groups is 1. The largest absolute Gasteiger partial charge is 0.384 e. The first kappa shape index (κ1) is 17.3. The van der Waals surface area contributed by atoms with E-state index < -0.39 is 0 Å². The lowest BCUT2D eigenvalue weighted by atomic mass is 9.88. The number of benzene rings is 1. The van der Waals surface area contributed by atoms with Crippen LogP contribution < -0.4 is 10.6 Å². The van der Waals surface area contributed by atoms with Gasteiger partial charge in [-0.1, -0.05) is 19.1 Å². The number of hydrogen-bond donors (Lipinski definition) is 2. The van der Waals surface area contributed by atoms with Gasteiger partial charge in [-0.3, -0.25) is 4.79 Å². The van der Waals surface area contributed by atoms with Gasteiger partial charge in [0.25, 0.3) is 0 Å². The smallest absolute Gasteiger partial charge is 0.223 e. The Hall–Kier alpha value is -1.04. The van der Waals surface area contributed by atoms with Crippen LogP contribution in [0.1, 0.15) is 25.5 Å². The zero-order valence-electron chi connectivity index (χ0n) is 13.6. The van der Waals surface area contributed by atoms with E-state index in [2.05, 4.69) is 34.9 Å². The van der Waals surface area contributed by atoms with Crippen molar-refractivity contribution in [3.8, 4) is 0 Å². The fraction of sp³-hybridized carbons (Fsp3) is 0.588. The van der Waals surface area contributed by atoms with Gasteiger partial charge in [0.1, 0.15) is 0 Å². The molecule has 1 aromatic rings. The van der Waals surface area contributed by atoms with Crippen LogP contribution in [0.2, 0.25) is 0 Å². The van der Waals surface area contributed by atoms with Crippen LogP contribution in [-0.4, -0.2) is 38.5 Å². The third-order valence-electron chi connectivity index (χ3n) is 4.23. The van der Waals surface area contributed by atoms with Crippen molar-refractivity contribution >= 4 is 17.7 Å². The molecule has 1 aliphatic heterocycles. The lowest BCUT2D eigenvalue weighted by Crippen LogP contribution is -2.49. The summed E-state index contributed by atoms with van der Waals surface area (Å²) in [6, 6.07) is 8.45. The molecule has 1 amide bonds. The summed E-state index contributed by atoms with van der Waals surface area (Å²) >= 11 is 1.78. The summed E-state index contributed by atoms with van der Waals surface area (Å²) in [7, 11) is 1.72. The molecule has 1 saturated heterocycles. The van der Waals surface area contributed by atoms with Gasteiger partial charge in [0.2, 0.25) is 5.91 Å². The Balaban J connectivity index is 1.83. The molecular weight excluding hydrogens is 296 g/mol. The highest BCUT2D eigenvalue weighted by molar-refractivity contribution is 7.99. The number of rotatable bonds is 8. The molecule has 5 heteroatoms. The Morgan fingerprint density at radius 3 is 2.59 bits per heavy atom. The van der Waals surface area contributed by atoms with E-state index in [1.807, 2.05) is 13.8 Å². The summed E-state index contributed by atoms with van der Waals surface area (Å²) in [6.45, 7) is 6.72. The minimum atomic E-state index is 0.0426. The first-order chi connectivity index (χ1) is 10.6. The third-order valence-corrected chi connectivity index (χ3v) is 5.21. The van der Waals surface area contributed by atoms with Crippen LogP contribution in [-0.2, 0) is 9.53 Å². The summed E-state index contributed by atoms with van der Waals surface area (Å²) in [5, 5.41) is 6.34. The molecule has 22 heavy (non-hydrogen) atoms. The minimum absolute atomic E-state index is 0.0426. The number of thioether (sulfide) groups is 1. The number of amides is 1. The standard InChI is InChI=1S/C17H26N2O2S/c1-12(15-10-18-11-15)17(20)19-13(2)14-4-6-16(7-5-14)22-9-8-21-3/h4-7,12-13,15,18H,8-11H2,1-3H3,(H,19,20). The van der Waals surface area contributed by atoms with Crippen molar-refractivity contribution in [2.45, 2.75) is 24.8 Å². The first-order valence-corrected chi connectivity index (χ1v) is 8.83. The molecule has 2 rings (SSSR count). The molecule has 0 aromatic heterocycles. The van der Waals surface area contributed by atoms with Crippen molar-refractivity contribution in [3.63, 3.8) is 0 Å². The second-order valence-electron chi connectivity index (χ2n) is 5.85. The number of hydrogen-bond acceptors (Lipinski definition) is 4. The Labute approximate surface area is 137 Å². The van der Waals surface area contributed by atoms with Crippen molar-refractivity contribution in [1.29, 1.82) is 0 Å². The Bertz CT molecular complexity index is 474. The van der Waals surface area contributed by atoms with E-state index >= 15 is 0 Å². The highest BCUT2D eigenvalue weighted by Gasteiger charge is 2.29. The molecule has 1 heterocycles. The van der Waals surface area contributed by atoms with Gasteiger partial charge in [-0.05, 0) is 43.6 Å². The maximum absolute atomic E-state index is 12.2. The molecule has 0 radical (unpaired) electrons. The van der Waals surface area contributed by atoms with Crippen molar-refractivity contribution in [2.24, 2.45) is 11.8 Å². The predicted molar refractivity (Wildman–Crippen MR) is 91.1 cm³/mol. The van der Waals surface area contributed by atoms with Gasteiger partial charge >= 0.3 is 0 Å². The molecule has 122 valence electrons. The third kappa shape index (κ3) is 4.73.